The summed E-state index contributed by atoms with van der Waals surface area (Å²) >= 11 is 0. The molecule has 2 aromatic heterocycles. The molecule has 1 aliphatic carbocycles. The zero-order valence-electron chi connectivity index (χ0n) is 17.4. The first-order chi connectivity index (χ1) is 12.7. The summed E-state index contributed by atoms with van der Waals surface area (Å²) < 4.78 is 1.82. The van der Waals surface area contributed by atoms with E-state index in [1.807, 2.05) is 37.0 Å². The summed E-state index contributed by atoms with van der Waals surface area (Å²) in [6.07, 6.45) is 1.99. The minimum Gasteiger partial charge on any atom is -0.365 e. The molecule has 27 heavy (non-hydrogen) atoms. The summed E-state index contributed by atoms with van der Waals surface area (Å²) in [7, 11) is 1.93. The van der Waals surface area contributed by atoms with Crippen molar-refractivity contribution in [3.63, 3.8) is 0 Å². The molecule has 4 rings (SSSR count). The van der Waals surface area contributed by atoms with E-state index in [4.69, 9.17) is 0 Å². The van der Waals surface area contributed by atoms with Crippen molar-refractivity contribution in [1.29, 1.82) is 0 Å². The van der Waals surface area contributed by atoms with Crippen molar-refractivity contribution in [3.05, 3.63) is 24.0 Å². The van der Waals surface area contributed by atoms with Gasteiger partial charge < -0.3 is 10.2 Å². The standard InChI is InChI=1S/C21H32N6/c1-13(21(3,4)5)9-27-11-16-17(12-27)20(16)22-19-8-7-18(23-24-19)15-10-26(6)25-14(15)2/h7-8,10,13,16-17,20H,9,11-12H2,1-6H3,(H,22,24)/t13?,16-,17?,20+/m1/s1. The van der Waals surface area contributed by atoms with Crippen LogP contribution in [0.5, 0.6) is 0 Å². The Hall–Kier alpha value is -1.95. The Balaban J connectivity index is 1.31. The molecule has 1 saturated heterocycles. The highest BCUT2D eigenvalue weighted by molar-refractivity contribution is 5.61. The maximum absolute atomic E-state index is 4.40. The smallest absolute Gasteiger partial charge is 0.148 e. The number of likely N-dealkylation sites (tertiary alicyclic amines) is 1. The second-order valence-corrected chi connectivity index (χ2v) is 9.59. The molecule has 4 atom stereocenters. The monoisotopic (exact) mass is 368 g/mol. The average Bonchev–Trinajstić information content (AvgIpc) is 2.93. The lowest BCUT2D eigenvalue weighted by atomic mass is 9.82. The Labute approximate surface area is 162 Å². The lowest BCUT2D eigenvalue weighted by Crippen LogP contribution is -2.35. The topological polar surface area (TPSA) is 58.9 Å². The van der Waals surface area contributed by atoms with Gasteiger partial charge in [0.05, 0.1) is 11.4 Å². The van der Waals surface area contributed by atoms with Crippen LogP contribution in [0.25, 0.3) is 11.3 Å². The summed E-state index contributed by atoms with van der Waals surface area (Å²) in [5.41, 5.74) is 3.29. The first-order valence-corrected chi connectivity index (χ1v) is 10.1. The van der Waals surface area contributed by atoms with Gasteiger partial charge in [-0.05, 0) is 42.2 Å². The second-order valence-electron chi connectivity index (χ2n) is 9.59. The van der Waals surface area contributed by atoms with E-state index in [0.717, 1.165) is 40.5 Å². The van der Waals surface area contributed by atoms with E-state index in [-0.39, 0.29) is 0 Å². The van der Waals surface area contributed by atoms with Crippen molar-refractivity contribution in [2.24, 2.45) is 30.2 Å². The van der Waals surface area contributed by atoms with Crippen LogP contribution in [-0.4, -0.2) is 50.6 Å². The van der Waals surface area contributed by atoms with Crippen LogP contribution in [0.1, 0.15) is 33.4 Å². The molecular formula is C21H32N6. The molecule has 6 nitrogen and oxygen atoms in total. The predicted molar refractivity (Wildman–Crippen MR) is 108 cm³/mol. The van der Waals surface area contributed by atoms with Gasteiger partial charge in [-0.2, -0.15) is 5.10 Å². The van der Waals surface area contributed by atoms with Gasteiger partial charge in [-0.25, -0.2) is 0 Å². The molecule has 2 unspecified atom stereocenters. The number of aryl methyl sites for hydroxylation is 2. The Bertz CT molecular complexity index is 791. The number of hydrogen-bond donors (Lipinski definition) is 1. The highest BCUT2D eigenvalue weighted by Gasteiger charge is 2.56. The van der Waals surface area contributed by atoms with E-state index in [9.17, 15) is 0 Å². The number of hydrogen-bond acceptors (Lipinski definition) is 5. The molecule has 6 heteroatoms. The van der Waals surface area contributed by atoms with Gasteiger partial charge in [0.25, 0.3) is 0 Å². The van der Waals surface area contributed by atoms with Crippen molar-refractivity contribution in [2.75, 3.05) is 25.0 Å². The fourth-order valence-electron chi connectivity index (χ4n) is 4.21. The van der Waals surface area contributed by atoms with Gasteiger partial charge in [0.15, 0.2) is 0 Å². The third-order valence-corrected chi connectivity index (χ3v) is 6.55. The van der Waals surface area contributed by atoms with Crippen molar-refractivity contribution in [1.82, 2.24) is 24.9 Å². The molecule has 3 heterocycles. The molecule has 1 saturated carbocycles. The van der Waals surface area contributed by atoms with Crippen molar-refractivity contribution in [2.45, 2.75) is 40.7 Å². The van der Waals surface area contributed by atoms with Crippen molar-refractivity contribution in [3.8, 4) is 11.3 Å². The fraction of sp³-hybridized carbons (Fsp3) is 0.667. The van der Waals surface area contributed by atoms with E-state index in [2.05, 4.69) is 53.2 Å². The van der Waals surface area contributed by atoms with Gasteiger partial charge in [0.2, 0.25) is 0 Å². The molecule has 2 aliphatic rings. The van der Waals surface area contributed by atoms with Crippen LogP contribution >= 0.6 is 0 Å². The fourth-order valence-corrected chi connectivity index (χ4v) is 4.21. The number of anilines is 1. The third kappa shape index (κ3) is 3.72. The molecule has 2 fully saturated rings. The van der Waals surface area contributed by atoms with Crippen LogP contribution in [0.2, 0.25) is 0 Å². The Morgan fingerprint density at radius 1 is 1.19 bits per heavy atom. The summed E-state index contributed by atoms with van der Waals surface area (Å²) in [5.74, 6) is 3.13. The maximum atomic E-state index is 4.40. The largest absolute Gasteiger partial charge is 0.365 e. The van der Waals surface area contributed by atoms with E-state index in [1.54, 1.807) is 0 Å². The molecule has 0 spiro atoms. The number of nitrogens with one attached hydrogen (secondary N) is 1. The highest BCUT2D eigenvalue weighted by Crippen LogP contribution is 2.47. The van der Waals surface area contributed by atoms with E-state index in [0.29, 0.717) is 11.5 Å². The molecule has 2 aromatic rings. The van der Waals surface area contributed by atoms with Crippen LogP contribution in [0, 0.1) is 30.1 Å². The lowest BCUT2D eigenvalue weighted by Gasteiger charge is -2.32. The van der Waals surface area contributed by atoms with Gasteiger partial charge in [0.1, 0.15) is 5.82 Å². The number of nitrogens with zero attached hydrogens (tertiary/aromatic N) is 5. The summed E-state index contributed by atoms with van der Waals surface area (Å²) in [5, 5.41) is 16.8. The van der Waals surface area contributed by atoms with E-state index in [1.165, 1.54) is 19.6 Å². The molecule has 1 N–H and O–H groups in total. The molecule has 1 aliphatic heterocycles. The number of aromatic nitrogens is 4. The van der Waals surface area contributed by atoms with Gasteiger partial charge in [-0.3, -0.25) is 4.68 Å². The van der Waals surface area contributed by atoms with Crippen LogP contribution in [0.15, 0.2) is 18.3 Å². The molecule has 0 amide bonds. The Kier molecular flexibility index (Phi) is 4.49. The molecule has 0 bridgehead atoms. The van der Waals surface area contributed by atoms with Crippen LogP contribution < -0.4 is 5.32 Å². The maximum Gasteiger partial charge on any atom is 0.148 e. The van der Waals surface area contributed by atoms with Gasteiger partial charge in [-0.1, -0.05) is 27.7 Å². The lowest BCUT2D eigenvalue weighted by molar-refractivity contribution is 0.171. The summed E-state index contributed by atoms with van der Waals surface area (Å²) in [6, 6.07) is 4.64. The minimum absolute atomic E-state index is 0.383. The zero-order chi connectivity index (χ0) is 19.3. The van der Waals surface area contributed by atoms with Gasteiger partial charge >= 0.3 is 0 Å². The number of fused-ring (bicyclic) bond motifs is 1. The van der Waals surface area contributed by atoms with E-state index >= 15 is 0 Å². The van der Waals surface area contributed by atoms with Gasteiger partial charge in [0, 0.05) is 44.5 Å². The van der Waals surface area contributed by atoms with Gasteiger partial charge in [-0.15, -0.1) is 10.2 Å². The second kappa shape index (κ2) is 6.59. The van der Waals surface area contributed by atoms with Crippen LogP contribution in [-0.2, 0) is 7.05 Å². The summed E-state index contributed by atoms with van der Waals surface area (Å²) in [4.78, 5) is 2.64. The first-order valence-electron chi connectivity index (χ1n) is 10.1. The first kappa shape index (κ1) is 18.4. The molecule has 146 valence electrons. The SMILES string of the molecule is Cc1nn(C)cc1-c1ccc(N[C@@H]2C3CN(CC(C)C(C)(C)C)C[C@H]32)nn1. The normalized spacial score (nSPS) is 26.1. The van der Waals surface area contributed by atoms with Crippen LogP contribution in [0.4, 0.5) is 5.82 Å². The van der Waals surface area contributed by atoms with Crippen molar-refractivity contribution < 1.29 is 0 Å². The Morgan fingerprint density at radius 3 is 2.41 bits per heavy atom. The molecule has 0 radical (unpaired) electrons. The summed E-state index contributed by atoms with van der Waals surface area (Å²) in [6.45, 7) is 15.0. The number of rotatable bonds is 5. The molecular weight excluding hydrogens is 336 g/mol. The average molecular weight is 369 g/mol. The Morgan fingerprint density at radius 2 is 1.89 bits per heavy atom. The third-order valence-electron chi connectivity index (χ3n) is 6.55. The highest BCUT2D eigenvalue weighted by atomic mass is 15.3. The van der Waals surface area contributed by atoms with E-state index < -0.39 is 0 Å². The predicted octanol–water partition coefficient (Wildman–Crippen LogP) is 3.21. The zero-order valence-corrected chi connectivity index (χ0v) is 17.4. The van der Waals surface area contributed by atoms with Crippen molar-refractivity contribution >= 4 is 5.82 Å². The van der Waals surface area contributed by atoms with Crippen LogP contribution in [0.3, 0.4) is 0 Å². The quantitative estimate of drug-likeness (QED) is 0.878. The molecule has 0 aromatic carbocycles. The minimum atomic E-state index is 0.383. The number of piperidine rings is 1.